The zero-order valence-electron chi connectivity index (χ0n) is 14.9. The van der Waals surface area contributed by atoms with Crippen molar-refractivity contribution in [2.75, 3.05) is 6.61 Å². The van der Waals surface area contributed by atoms with Crippen LogP contribution in [0.2, 0.25) is 0 Å². The van der Waals surface area contributed by atoms with E-state index in [9.17, 15) is 14.9 Å². The minimum atomic E-state index is -0.481. The van der Waals surface area contributed by atoms with Gasteiger partial charge in [-0.3, -0.25) is 14.9 Å². The second-order valence-corrected chi connectivity index (χ2v) is 8.43. The number of thiocarbonyl (C=S) groups is 1. The lowest BCUT2D eigenvalue weighted by atomic mass is 9.54. The molecule has 1 aromatic carbocycles. The zero-order chi connectivity index (χ0) is 19.0. The summed E-state index contributed by atoms with van der Waals surface area (Å²) in [5.74, 6) is 3.19. The van der Waals surface area contributed by atoms with Gasteiger partial charge in [0.05, 0.1) is 4.92 Å². The van der Waals surface area contributed by atoms with E-state index in [1.54, 1.807) is 0 Å². The normalized spacial score (nSPS) is 30.6. The van der Waals surface area contributed by atoms with E-state index in [1.165, 1.54) is 56.4 Å². The van der Waals surface area contributed by atoms with Crippen LogP contribution in [0.5, 0.6) is 5.75 Å². The summed E-state index contributed by atoms with van der Waals surface area (Å²) >= 11 is 5.33. The van der Waals surface area contributed by atoms with Crippen molar-refractivity contribution in [2.45, 2.75) is 38.1 Å². The fourth-order valence-electron chi connectivity index (χ4n) is 5.32. The summed E-state index contributed by atoms with van der Waals surface area (Å²) in [6.07, 6.45) is 6.53. The molecule has 1 aromatic rings. The van der Waals surface area contributed by atoms with Crippen molar-refractivity contribution < 1.29 is 14.5 Å². The van der Waals surface area contributed by atoms with E-state index in [2.05, 4.69) is 10.6 Å². The van der Waals surface area contributed by atoms with Crippen LogP contribution < -0.4 is 15.4 Å². The number of nitrogens with one attached hydrogen (secondary N) is 2. The van der Waals surface area contributed by atoms with Crippen molar-refractivity contribution in [3.05, 3.63) is 34.4 Å². The maximum absolute atomic E-state index is 12.1. The molecule has 0 saturated heterocycles. The molecular formula is C19H23N3O4S. The van der Waals surface area contributed by atoms with Gasteiger partial charge in [-0.1, -0.05) is 0 Å². The highest BCUT2D eigenvalue weighted by atomic mass is 32.1. The van der Waals surface area contributed by atoms with Crippen molar-refractivity contribution in [1.29, 1.82) is 0 Å². The molecule has 2 N–H and O–H groups in total. The molecular weight excluding hydrogens is 366 g/mol. The smallest absolute Gasteiger partial charge is 0.269 e. The third kappa shape index (κ3) is 4.05. The summed E-state index contributed by atoms with van der Waals surface area (Å²) in [6.45, 7) is -0.193. The Kier molecular flexibility index (Phi) is 4.99. The van der Waals surface area contributed by atoms with E-state index in [4.69, 9.17) is 17.0 Å². The molecule has 4 bridgehead atoms. The number of carbonyl (C=O) groups is 1. The highest BCUT2D eigenvalue weighted by Gasteiger charge is 2.48. The number of benzene rings is 1. The average Bonchev–Trinajstić information content (AvgIpc) is 2.62. The van der Waals surface area contributed by atoms with Gasteiger partial charge < -0.3 is 15.4 Å². The first-order valence-electron chi connectivity index (χ1n) is 9.45. The Balaban J connectivity index is 1.23. The summed E-state index contributed by atoms with van der Waals surface area (Å²) in [5, 5.41) is 17.1. The van der Waals surface area contributed by atoms with Crippen LogP contribution in [0.4, 0.5) is 5.69 Å². The maximum atomic E-state index is 12.1. The SMILES string of the molecule is O=C(COc1ccc([N+](=O)[O-])cc1)NC(=S)NC1C2CC3CC(C2)CC1C3. The number of nitro groups is 1. The van der Waals surface area contributed by atoms with Gasteiger partial charge in [-0.15, -0.1) is 0 Å². The number of hydrogen-bond acceptors (Lipinski definition) is 5. The topological polar surface area (TPSA) is 93.5 Å². The van der Waals surface area contributed by atoms with Crippen molar-refractivity contribution in [3.63, 3.8) is 0 Å². The number of nitro benzene ring substituents is 1. The van der Waals surface area contributed by atoms with Crippen LogP contribution in [0.15, 0.2) is 24.3 Å². The Morgan fingerprint density at radius 1 is 1.11 bits per heavy atom. The maximum Gasteiger partial charge on any atom is 0.269 e. The van der Waals surface area contributed by atoms with Gasteiger partial charge in [-0.25, -0.2) is 0 Å². The van der Waals surface area contributed by atoms with Crippen molar-refractivity contribution in [2.24, 2.45) is 23.7 Å². The van der Waals surface area contributed by atoms with Gasteiger partial charge in [-0.2, -0.15) is 0 Å². The van der Waals surface area contributed by atoms with Crippen LogP contribution in [0.3, 0.4) is 0 Å². The predicted octanol–water partition coefficient (Wildman–Crippen LogP) is 2.79. The van der Waals surface area contributed by atoms with Crippen LogP contribution in [0, 0.1) is 33.8 Å². The van der Waals surface area contributed by atoms with Crippen molar-refractivity contribution in [3.8, 4) is 5.75 Å². The second kappa shape index (κ2) is 7.42. The molecule has 144 valence electrons. The molecule has 4 saturated carbocycles. The number of carbonyl (C=O) groups excluding carboxylic acids is 1. The Labute approximate surface area is 163 Å². The van der Waals surface area contributed by atoms with E-state index in [0.29, 0.717) is 28.7 Å². The predicted molar refractivity (Wildman–Crippen MR) is 103 cm³/mol. The van der Waals surface area contributed by atoms with Crippen LogP contribution in [0.1, 0.15) is 32.1 Å². The molecule has 0 radical (unpaired) electrons. The molecule has 1 amide bonds. The lowest BCUT2D eigenvalue weighted by Crippen LogP contribution is -2.58. The molecule has 4 aliphatic carbocycles. The molecule has 4 fully saturated rings. The number of rotatable bonds is 5. The lowest BCUT2D eigenvalue weighted by molar-refractivity contribution is -0.384. The Hall–Kier alpha value is -2.22. The van der Waals surface area contributed by atoms with Crippen molar-refractivity contribution in [1.82, 2.24) is 10.6 Å². The monoisotopic (exact) mass is 389 g/mol. The molecule has 5 rings (SSSR count). The minimum Gasteiger partial charge on any atom is -0.484 e. The molecule has 0 aliphatic heterocycles. The first-order chi connectivity index (χ1) is 13.0. The van der Waals surface area contributed by atoms with Crippen molar-refractivity contribution >= 4 is 28.9 Å². The molecule has 8 heteroatoms. The van der Waals surface area contributed by atoms with Crippen LogP contribution >= 0.6 is 12.2 Å². The molecule has 0 unspecified atom stereocenters. The van der Waals surface area contributed by atoms with Crippen LogP contribution in [-0.4, -0.2) is 28.6 Å². The number of hydrogen-bond donors (Lipinski definition) is 2. The van der Waals surface area contributed by atoms with Gasteiger partial charge in [0.15, 0.2) is 11.7 Å². The Bertz CT molecular complexity index is 724. The van der Waals surface area contributed by atoms with E-state index >= 15 is 0 Å². The summed E-state index contributed by atoms with van der Waals surface area (Å²) in [6, 6.07) is 5.99. The molecule has 27 heavy (non-hydrogen) atoms. The third-order valence-electron chi connectivity index (χ3n) is 6.19. The first-order valence-corrected chi connectivity index (χ1v) is 9.86. The fraction of sp³-hybridized carbons (Fsp3) is 0.579. The van der Waals surface area contributed by atoms with Crippen LogP contribution in [-0.2, 0) is 4.79 Å². The van der Waals surface area contributed by atoms with Gasteiger partial charge >= 0.3 is 0 Å². The zero-order valence-corrected chi connectivity index (χ0v) is 15.7. The molecule has 0 heterocycles. The molecule has 0 spiro atoms. The minimum absolute atomic E-state index is 0.0205. The average molecular weight is 389 g/mol. The third-order valence-corrected chi connectivity index (χ3v) is 6.41. The molecule has 7 nitrogen and oxygen atoms in total. The van der Waals surface area contributed by atoms with Gasteiger partial charge in [0.1, 0.15) is 5.75 Å². The Morgan fingerprint density at radius 3 is 2.26 bits per heavy atom. The lowest BCUT2D eigenvalue weighted by Gasteiger charge is -2.54. The highest BCUT2D eigenvalue weighted by molar-refractivity contribution is 7.80. The molecule has 0 aromatic heterocycles. The second-order valence-electron chi connectivity index (χ2n) is 8.02. The van der Waals surface area contributed by atoms with Gasteiger partial charge in [0.25, 0.3) is 11.6 Å². The summed E-state index contributed by atoms with van der Waals surface area (Å²) in [5.41, 5.74) is -0.0205. The molecule has 4 aliphatic rings. The van der Waals surface area contributed by atoms with E-state index in [-0.39, 0.29) is 18.2 Å². The summed E-state index contributed by atoms with van der Waals surface area (Å²) < 4.78 is 5.37. The summed E-state index contributed by atoms with van der Waals surface area (Å²) in [7, 11) is 0. The molecule has 0 atom stereocenters. The van der Waals surface area contributed by atoms with E-state index < -0.39 is 4.92 Å². The largest absolute Gasteiger partial charge is 0.484 e. The number of nitrogens with zero attached hydrogens (tertiary/aromatic N) is 1. The highest BCUT2D eigenvalue weighted by Crippen LogP contribution is 2.53. The summed E-state index contributed by atoms with van der Waals surface area (Å²) in [4.78, 5) is 22.2. The van der Waals surface area contributed by atoms with Gasteiger partial charge in [0, 0.05) is 18.2 Å². The fourth-order valence-corrected chi connectivity index (χ4v) is 5.57. The number of ether oxygens (including phenoxy) is 1. The standard InChI is InChI=1S/C19H23N3O4S/c23-17(10-26-16-3-1-15(2-4-16)22(24)25)20-19(27)21-18-13-6-11-5-12(8-13)9-14(18)7-11/h1-4,11-14,18H,5-10H2,(H2,20,21,23,27). The van der Waals surface area contributed by atoms with E-state index in [0.717, 1.165) is 11.8 Å². The Morgan fingerprint density at radius 2 is 1.70 bits per heavy atom. The quantitative estimate of drug-likeness (QED) is 0.457. The van der Waals surface area contributed by atoms with Gasteiger partial charge in [0.2, 0.25) is 0 Å². The first kappa shape index (κ1) is 18.2. The number of non-ortho nitro benzene ring substituents is 1. The van der Waals surface area contributed by atoms with Crippen LogP contribution in [0.25, 0.3) is 0 Å². The van der Waals surface area contributed by atoms with E-state index in [1.807, 2.05) is 0 Å². The number of amides is 1. The van der Waals surface area contributed by atoms with Gasteiger partial charge in [-0.05, 0) is 80.1 Å².